The summed E-state index contributed by atoms with van der Waals surface area (Å²) in [6, 6.07) is 5.30. The lowest BCUT2D eigenvalue weighted by atomic mass is 9.81. The number of benzene rings is 1. The lowest BCUT2D eigenvalue weighted by Crippen LogP contribution is -2.46. The molecule has 3 amide bonds. The van der Waals surface area contributed by atoms with Gasteiger partial charge in [-0.1, -0.05) is 31.9 Å². The first-order valence-corrected chi connectivity index (χ1v) is 11.2. The summed E-state index contributed by atoms with van der Waals surface area (Å²) in [7, 11) is 1.29. The van der Waals surface area contributed by atoms with Gasteiger partial charge in [-0.2, -0.15) is 0 Å². The molecule has 1 N–H and O–H groups in total. The molecule has 2 bridgehead atoms. The van der Waals surface area contributed by atoms with Gasteiger partial charge in [-0.05, 0) is 49.4 Å². The number of alkyl halides is 2. The second-order valence-electron chi connectivity index (χ2n) is 7.78. The van der Waals surface area contributed by atoms with Gasteiger partial charge in [0.05, 0.1) is 24.5 Å². The minimum atomic E-state index is -0.914. The van der Waals surface area contributed by atoms with E-state index in [1.54, 1.807) is 19.1 Å². The normalized spacial score (nSPS) is 33.6. The van der Waals surface area contributed by atoms with Crippen LogP contribution in [-0.2, 0) is 19.1 Å². The zero-order chi connectivity index (χ0) is 21.0. The highest BCUT2D eigenvalue weighted by molar-refractivity contribution is 9.12. The van der Waals surface area contributed by atoms with Crippen LogP contribution < -0.4 is 5.32 Å². The second kappa shape index (κ2) is 7.50. The Balaban J connectivity index is 1.48. The number of anilines is 1. The molecule has 7 nitrogen and oxygen atoms in total. The molecule has 9 heteroatoms. The van der Waals surface area contributed by atoms with Crippen molar-refractivity contribution in [3.05, 3.63) is 29.8 Å². The van der Waals surface area contributed by atoms with Gasteiger partial charge in [0.2, 0.25) is 17.7 Å². The number of nitrogens with one attached hydrogen (secondary N) is 1. The maximum absolute atomic E-state index is 13.0. The standard InChI is InChI=1S/C20H20Br2N2O5/c1-8(17(25)23-10-5-3-9(4-6-10)20(28)29-2)24-18(26)13-11-7-12(14(13)19(24)27)16(22)15(11)21/h3-6,8,11-16H,7H2,1-2H3,(H,23,25). The number of ether oxygens (including phenoxy) is 1. The van der Waals surface area contributed by atoms with Crippen LogP contribution >= 0.6 is 31.9 Å². The predicted molar refractivity (Wildman–Crippen MR) is 112 cm³/mol. The molecule has 2 saturated carbocycles. The quantitative estimate of drug-likeness (QED) is 0.369. The molecule has 1 aromatic rings. The molecule has 1 saturated heterocycles. The van der Waals surface area contributed by atoms with Crippen molar-refractivity contribution < 1.29 is 23.9 Å². The van der Waals surface area contributed by atoms with Crippen LogP contribution in [0.1, 0.15) is 23.7 Å². The van der Waals surface area contributed by atoms with E-state index >= 15 is 0 Å². The van der Waals surface area contributed by atoms with Gasteiger partial charge >= 0.3 is 5.97 Å². The van der Waals surface area contributed by atoms with E-state index in [1.807, 2.05) is 0 Å². The van der Waals surface area contributed by atoms with E-state index in [9.17, 15) is 19.2 Å². The number of hydrogen-bond donors (Lipinski definition) is 1. The van der Waals surface area contributed by atoms with Crippen LogP contribution in [0, 0.1) is 23.7 Å². The summed E-state index contributed by atoms with van der Waals surface area (Å²) in [6.07, 6.45) is 0.847. The molecule has 0 aromatic heterocycles. The van der Waals surface area contributed by atoms with Crippen LogP contribution in [0.5, 0.6) is 0 Å². The number of halogens is 2. The summed E-state index contributed by atoms with van der Waals surface area (Å²) in [5.41, 5.74) is 0.829. The number of imide groups is 1. The molecular formula is C20H20Br2N2O5. The molecule has 0 spiro atoms. The van der Waals surface area contributed by atoms with E-state index in [2.05, 4.69) is 41.9 Å². The van der Waals surface area contributed by atoms with Gasteiger partial charge in [0.1, 0.15) is 6.04 Å². The van der Waals surface area contributed by atoms with Crippen molar-refractivity contribution in [2.45, 2.75) is 29.0 Å². The molecule has 1 aliphatic heterocycles. The number of esters is 1. The summed E-state index contributed by atoms with van der Waals surface area (Å²) in [4.78, 5) is 51.7. The van der Waals surface area contributed by atoms with Gasteiger partial charge < -0.3 is 10.1 Å². The fourth-order valence-electron chi connectivity index (χ4n) is 4.93. The summed E-state index contributed by atoms with van der Waals surface area (Å²) < 4.78 is 4.65. The van der Waals surface area contributed by atoms with E-state index in [1.165, 1.54) is 19.2 Å². The number of nitrogens with zero attached hydrogens (tertiary/aromatic N) is 1. The topological polar surface area (TPSA) is 92.8 Å². The zero-order valence-electron chi connectivity index (χ0n) is 15.8. The van der Waals surface area contributed by atoms with Crippen molar-refractivity contribution in [3.63, 3.8) is 0 Å². The number of hydrogen-bond acceptors (Lipinski definition) is 5. The molecule has 7 unspecified atom stereocenters. The molecule has 2 aliphatic carbocycles. The Hall–Kier alpha value is -1.74. The molecule has 4 rings (SSSR count). The van der Waals surface area contributed by atoms with Crippen molar-refractivity contribution in [3.8, 4) is 0 Å². The van der Waals surface area contributed by atoms with E-state index in [-0.39, 0.29) is 45.1 Å². The molecule has 0 radical (unpaired) electrons. The highest BCUT2D eigenvalue weighted by Gasteiger charge is 2.67. The molecule has 7 atom stereocenters. The molecule has 154 valence electrons. The number of likely N-dealkylation sites (tertiary alicyclic amines) is 1. The number of amides is 3. The van der Waals surface area contributed by atoms with Crippen LogP contribution in [-0.4, -0.2) is 51.4 Å². The Bertz CT molecular complexity index is 857. The summed E-state index contributed by atoms with van der Waals surface area (Å²) in [6.45, 7) is 1.56. The third-order valence-electron chi connectivity index (χ3n) is 6.36. The van der Waals surface area contributed by atoms with Gasteiger partial charge in [-0.3, -0.25) is 19.3 Å². The van der Waals surface area contributed by atoms with Crippen LogP contribution in [0.2, 0.25) is 0 Å². The Labute approximate surface area is 184 Å². The van der Waals surface area contributed by atoms with Crippen LogP contribution in [0.3, 0.4) is 0 Å². The van der Waals surface area contributed by atoms with Crippen molar-refractivity contribution in [1.29, 1.82) is 0 Å². The lowest BCUT2D eigenvalue weighted by Gasteiger charge is -2.28. The van der Waals surface area contributed by atoms with Crippen LogP contribution in [0.15, 0.2) is 24.3 Å². The monoisotopic (exact) mass is 526 g/mol. The number of methoxy groups -OCH3 is 1. The van der Waals surface area contributed by atoms with E-state index < -0.39 is 17.9 Å². The first-order chi connectivity index (χ1) is 13.8. The van der Waals surface area contributed by atoms with Crippen LogP contribution in [0.25, 0.3) is 0 Å². The first-order valence-electron chi connectivity index (χ1n) is 9.40. The molecule has 3 aliphatic rings. The molecule has 1 heterocycles. The third kappa shape index (κ3) is 3.13. The minimum Gasteiger partial charge on any atom is -0.465 e. The number of carbonyl (C=O) groups excluding carboxylic acids is 4. The summed E-state index contributed by atoms with van der Waals surface area (Å²) in [5.74, 6) is -1.90. The highest BCUT2D eigenvalue weighted by atomic mass is 79.9. The molecular weight excluding hydrogens is 508 g/mol. The average Bonchev–Trinajstić information content (AvgIpc) is 3.32. The summed E-state index contributed by atoms with van der Waals surface area (Å²) in [5, 5.41) is 2.71. The van der Waals surface area contributed by atoms with Crippen molar-refractivity contribution in [2.75, 3.05) is 12.4 Å². The SMILES string of the molecule is COC(=O)c1ccc(NC(=O)C(C)N2C(=O)C3C4CC(C(Br)C4Br)C3C2=O)cc1. The second-order valence-corrected chi connectivity index (χ2v) is 9.90. The minimum absolute atomic E-state index is 0.108. The highest BCUT2D eigenvalue weighted by Crippen LogP contribution is 2.60. The summed E-state index contributed by atoms with van der Waals surface area (Å²) >= 11 is 7.31. The van der Waals surface area contributed by atoms with Crippen molar-refractivity contribution >= 4 is 61.2 Å². The number of rotatable bonds is 4. The molecule has 3 fully saturated rings. The Morgan fingerprint density at radius 1 is 1.07 bits per heavy atom. The van der Waals surface area contributed by atoms with Gasteiger partial charge in [0.25, 0.3) is 0 Å². The first kappa shape index (κ1) is 20.5. The third-order valence-corrected chi connectivity index (χ3v) is 9.57. The van der Waals surface area contributed by atoms with Crippen molar-refractivity contribution in [2.24, 2.45) is 23.7 Å². The smallest absolute Gasteiger partial charge is 0.337 e. The Kier molecular flexibility index (Phi) is 5.31. The number of carbonyl (C=O) groups is 4. The maximum Gasteiger partial charge on any atom is 0.337 e. The largest absolute Gasteiger partial charge is 0.465 e. The maximum atomic E-state index is 13.0. The fourth-order valence-corrected chi connectivity index (χ4v) is 6.80. The molecule has 29 heavy (non-hydrogen) atoms. The van der Waals surface area contributed by atoms with Gasteiger partial charge in [0, 0.05) is 15.3 Å². The van der Waals surface area contributed by atoms with Gasteiger partial charge in [-0.25, -0.2) is 4.79 Å². The predicted octanol–water partition coefficient (Wildman–Crippen LogP) is 2.58. The number of fused-ring (bicyclic) bond motifs is 5. The lowest BCUT2D eigenvalue weighted by molar-refractivity contribution is -0.146. The van der Waals surface area contributed by atoms with E-state index in [4.69, 9.17) is 0 Å². The van der Waals surface area contributed by atoms with Gasteiger partial charge in [-0.15, -0.1) is 0 Å². The van der Waals surface area contributed by atoms with E-state index in [0.717, 1.165) is 11.3 Å². The van der Waals surface area contributed by atoms with Crippen molar-refractivity contribution in [1.82, 2.24) is 4.90 Å². The van der Waals surface area contributed by atoms with Gasteiger partial charge in [0.15, 0.2) is 0 Å². The fraction of sp³-hybridized carbons (Fsp3) is 0.500. The Morgan fingerprint density at radius 3 is 2.07 bits per heavy atom. The Morgan fingerprint density at radius 2 is 1.59 bits per heavy atom. The molecule has 1 aromatic carbocycles. The van der Waals surface area contributed by atoms with Crippen LogP contribution in [0.4, 0.5) is 5.69 Å². The average molecular weight is 528 g/mol. The zero-order valence-corrected chi connectivity index (χ0v) is 19.0. The van der Waals surface area contributed by atoms with E-state index in [0.29, 0.717) is 11.3 Å².